The number of benzene rings is 2. The number of hydrogen-bond acceptors (Lipinski definition) is 6. The number of amides is 1. The number of hydrazone groups is 1. The first-order chi connectivity index (χ1) is 13.0. The number of carbonyl (C=O) groups is 1. The minimum atomic E-state index is -0.581. The molecule has 0 spiro atoms. The highest BCUT2D eigenvalue weighted by Crippen LogP contribution is 2.31. The van der Waals surface area contributed by atoms with E-state index in [4.69, 9.17) is 0 Å². The summed E-state index contributed by atoms with van der Waals surface area (Å²) in [4.78, 5) is 24.8. The molecule has 0 saturated carbocycles. The van der Waals surface area contributed by atoms with Crippen molar-refractivity contribution in [3.63, 3.8) is 0 Å². The van der Waals surface area contributed by atoms with Crippen LogP contribution in [0.5, 0.6) is 5.75 Å². The molecule has 1 aliphatic rings. The van der Waals surface area contributed by atoms with Crippen molar-refractivity contribution in [2.45, 2.75) is 12.8 Å². The van der Waals surface area contributed by atoms with Crippen molar-refractivity contribution in [1.29, 1.82) is 0 Å². The molecule has 8 nitrogen and oxygen atoms in total. The number of nitro benzene ring substituents is 1. The van der Waals surface area contributed by atoms with Crippen molar-refractivity contribution in [2.24, 2.45) is 5.10 Å². The summed E-state index contributed by atoms with van der Waals surface area (Å²) < 4.78 is 0.168. The first kappa shape index (κ1) is 18.8. The molecule has 0 unspecified atom stereocenters. The number of aromatic hydroxyl groups is 1. The van der Waals surface area contributed by atoms with Crippen LogP contribution in [0.25, 0.3) is 0 Å². The van der Waals surface area contributed by atoms with E-state index in [2.05, 4.69) is 31.4 Å². The number of non-ortho nitro benzene ring substituents is 1. The molecule has 1 fully saturated rings. The predicted molar refractivity (Wildman–Crippen MR) is 105 cm³/mol. The van der Waals surface area contributed by atoms with E-state index in [1.165, 1.54) is 25.0 Å². The van der Waals surface area contributed by atoms with Crippen molar-refractivity contribution in [3.05, 3.63) is 62.1 Å². The van der Waals surface area contributed by atoms with Crippen molar-refractivity contribution < 1.29 is 14.8 Å². The second-order valence-electron chi connectivity index (χ2n) is 6.06. The van der Waals surface area contributed by atoms with E-state index >= 15 is 0 Å². The van der Waals surface area contributed by atoms with E-state index in [0.717, 1.165) is 25.0 Å². The van der Waals surface area contributed by atoms with Crippen LogP contribution >= 0.6 is 15.9 Å². The molecular weight excluding hydrogens is 416 g/mol. The Bertz CT molecular complexity index is 893. The first-order valence-corrected chi connectivity index (χ1v) is 9.10. The summed E-state index contributed by atoms with van der Waals surface area (Å²) in [6, 6.07) is 9.59. The Labute approximate surface area is 163 Å². The van der Waals surface area contributed by atoms with Gasteiger partial charge in [0.2, 0.25) is 0 Å². The number of nitrogens with zero attached hydrogens (tertiary/aromatic N) is 3. The normalized spacial score (nSPS) is 13.9. The maximum absolute atomic E-state index is 12.2. The molecule has 0 atom stereocenters. The monoisotopic (exact) mass is 432 g/mol. The zero-order chi connectivity index (χ0) is 19.4. The zero-order valence-corrected chi connectivity index (χ0v) is 15.8. The number of halogens is 1. The van der Waals surface area contributed by atoms with Gasteiger partial charge in [0.1, 0.15) is 5.75 Å². The number of nitro groups is 1. The van der Waals surface area contributed by atoms with E-state index in [1.54, 1.807) is 12.1 Å². The third kappa shape index (κ3) is 4.43. The summed E-state index contributed by atoms with van der Waals surface area (Å²) in [5, 5.41) is 24.6. The highest BCUT2D eigenvalue weighted by molar-refractivity contribution is 9.10. The van der Waals surface area contributed by atoms with Crippen molar-refractivity contribution in [2.75, 3.05) is 18.0 Å². The number of hydrogen-bond donors (Lipinski definition) is 2. The zero-order valence-electron chi connectivity index (χ0n) is 14.3. The minimum Gasteiger partial charge on any atom is -0.506 e. The average molecular weight is 433 g/mol. The van der Waals surface area contributed by atoms with Crippen LogP contribution in [0.1, 0.15) is 28.8 Å². The molecule has 0 aromatic heterocycles. The van der Waals surface area contributed by atoms with Gasteiger partial charge < -0.3 is 10.0 Å². The number of rotatable bonds is 5. The second kappa shape index (κ2) is 8.17. The largest absolute Gasteiger partial charge is 0.506 e. The Kier molecular flexibility index (Phi) is 5.70. The van der Waals surface area contributed by atoms with Gasteiger partial charge in [0.05, 0.1) is 15.6 Å². The molecule has 1 aliphatic heterocycles. The third-order valence-corrected chi connectivity index (χ3v) is 4.86. The van der Waals surface area contributed by atoms with Crippen LogP contribution in [0.3, 0.4) is 0 Å². The van der Waals surface area contributed by atoms with E-state index in [1.807, 2.05) is 12.1 Å². The molecule has 1 amide bonds. The lowest BCUT2D eigenvalue weighted by molar-refractivity contribution is -0.385. The number of carbonyl (C=O) groups excluding carboxylic acids is 1. The lowest BCUT2D eigenvalue weighted by Gasteiger charge is -2.17. The summed E-state index contributed by atoms with van der Waals surface area (Å²) in [7, 11) is 0. The molecule has 0 aliphatic carbocycles. The van der Waals surface area contributed by atoms with Gasteiger partial charge in [-0.05, 0) is 53.0 Å². The number of phenolic OH excluding ortho intramolecular Hbond substituents is 1. The molecule has 2 N–H and O–H groups in total. The molecule has 2 aromatic carbocycles. The van der Waals surface area contributed by atoms with Gasteiger partial charge in [0.15, 0.2) is 0 Å². The summed E-state index contributed by atoms with van der Waals surface area (Å²) in [6.07, 6.45) is 3.51. The van der Waals surface area contributed by atoms with Crippen LogP contribution in [0, 0.1) is 10.1 Å². The maximum atomic E-state index is 12.2. The van der Waals surface area contributed by atoms with Crippen molar-refractivity contribution in [3.8, 4) is 5.75 Å². The van der Waals surface area contributed by atoms with Crippen LogP contribution in [0.15, 0.2) is 46.0 Å². The SMILES string of the molecule is O=C(N/N=C\c1cc([N+](=O)[O-])cc(Br)c1O)c1ccc(N2CCCC2)cc1. The molecule has 140 valence electrons. The fourth-order valence-corrected chi connectivity index (χ4v) is 3.30. The van der Waals surface area contributed by atoms with Crippen LogP contribution < -0.4 is 10.3 Å². The van der Waals surface area contributed by atoms with Gasteiger partial charge in [-0.1, -0.05) is 0 Å². The predicted octanol–water partition coefficient (Wildman–Crippen LogP) is 3.43. The van der Waals surface area contributed by atoms with Gasteiger partial charge in [0, 0.05) is 42.0 Å². The van der Waals surface area contributed by atoms with Gasteiger partial charge in [0.25, 0.3) is 11.6 Å². The number of phenols is 1. The second-order valence-corrected chi connectivity index (χ2v) is 6.92. The number of anilines is 1. The van der Waals surface area contributed by atoms with Gasteiger partial charge in [-0.15, -0.1) is 0 Å². The van der Waals surface area contributed by atoms with Crippen LogP contribution in [0.4, 0.5) is 11.4 Å². The minimum absolute atomic E-state index is 0.112. The molecule has 2 aromatic rings. The van der Waals surface area contributed by atoms with Crippen LogP contribution in [0.2, 0.25) is 0 Å². The quantitative estimate of drug-likeness (QED) is 0.427. The highest BCUT2D eigenvalue weighted by atomic mass is 79.9. The molecule has 9 heteroatoms. The number of nitrogens with one attached hydrogen (secondary N) is 1. The molecule has 0 radical (unpaired) electrons. The molecule has 3 rings (SSSR count). The summed E-state index contributed by atoms with van der Waals surface area (Å²) in [5.41, 5.74) is 3.79. The standard InChI is InChI=1S/C18H17BrN4O4/c19-16-10-15(23(26)27)9-13(17(16)24)11-20-21-18(25)12-3-5-14(6-4-12)22-7-1-2-8-22/h3-6,9-11,24H,1-2,7-8H2,(H,21,25)/b20-11-. The Hall–Kier alpha value is -2.94. The summed E-state index contributed by atoms with van der Waals surface area (Å²) in [5.74, 6) is -0.614. The van der Waals surface area contributed by atoms with Crippen molar-refractivity contribution in [1.82, 2.24) is 5.43 Å². The molecular formula is C18H17BrN4O4. The van der Waals surface area contributed by atoms with E-state index < -0.39 is 10.8 Å². The van der Waals surface area contributed by atoms with Gasteiger partial charge in [-0.25, -0.2) is 5.43 Å². The van der Waals surface area contributed by atoms with E-state index in [0.29, 0.717) is 5.56 Å². The van der Waals surface area contributed by atoms with Gasteiger partial charge >= 0.3 is 0 Å². The Morgan fingerprint density at radius 3 is 2.56 bits per heavy atom. The van der Waals surface area contributed by atoms with E-state index in [-0.39, 0.29) is 21.5 Å². The average Bonchev–Trinajstić information content (AvgIpc) is 3.19. The van der Waals surface area contributed by atoms with Crippen LogP contribution in [-0.2, 0) is 0 Å². The van der Waals surface area contributed by atoms with Gasteiger partial charge in [-0.2, -0.15) is 5.10 Å². The Morgan fingerprint density at radius 1 is 1.26 bits per heavy atom. The van der Waals surface area contributed by atoms with E-state index in [9.17, 15) is 20.0 Å². The highest BCUT2D eigenvalue weighted by Gasteiger charge is 2.14. The lowest BCUT2D eigenvalue weighted by atomic mass is 10.2. The Morgan fingerprint density at radius 2 is 1.93 bits per heavy atom. The molecule has 27 heavy (non-hydrogen) atoms. The fraction of sp³-hybridized carbons (Fsp3) is 0.222. The first-order valence-electron chi connectivity index (χ1n) is 8.31. The Balaban J connectivity index is 1.67. The third-order valence-electron chi connectivity index (χ3n) is 4.26. The smallest absolute Gasteiger partial charge is 0.271 e. The van der Waals surface area contributed by atoms with Crippen LogP contribution in [-0.4, -0.2) is 35.2 Å². The van der Waals surface area contributed by atoms with Crippen molar-refractivity contribution >= 4 is 39.4 Å². The molecule has 1 saturated heterocycles. The molecule has 1 heterocycles. The van der Waals surface area contributed by atoms with Gasteiger partial charge in [-0.3, -0.25) is 14.9 Å². The topological polar surface area (TPSA) is 108 Å². The maximum Gasteiger partial charge on any atom is 0.271 e. The fourth-order valence-electron chi connectivity index (χ4n) is 2.83. The summed E-state index contributed by atoms with van der Waals surface area (Å²) >= 11 is 3.05. The summed E-state index contributed by atoms with van der Waals surface area (Å²) in [6.45, 7) is 2.05. The molecule has 0 bridgehead atoms. The lowest BCUT2D eigenvalue weighted by Crippen LogP contribution is -2.19.